The minimum absolute atomic E-state index is 0.0481. The molecule has 1 aliphatic rings. The van der Waals surface area contributed by atoms with E-state index in [4.69, 9.17) is 14.2 Å². The van der Waals surface area contributed by atoms with Gasteiger partial charge in [0.15, 0.2) is 0 Å². The van der Waals surface area contributed by atoms with Gasteiger partial charge in [-0.05, 0) is 5.41 Å². The lowest BCUT2D eigenvalue weighted by molar-refractivity contribution is 0.0819. The van der Waals surface area contributed by atoms with E-state index in [1.807, 2.05) is 12.1 Å². The molecule has 2 rings (SSSR count). The number of hydrogen-bond acceptors (Lipinski definition) is 5. The molecule has 1 aromatic rings. The van der Waals surface area contributed by atoms with Crippen molar-refractivity contribution in [2.75, 3.05) is 47.5 Å². The number of nitrogens with one attached hydrogen (secondary N) is 1. The zero-order chi connectivity index (χ0) is 17.0. The minimum Gasteiger partial charge on any atom is -0.496 e. The molecule has 5 nitrogen and oxygen atoms in total. The van der Waals surface area contributed by atoms with Crippen molar-refractivity contribution in [1.29, 1.82) is 0 Å². The van der Waals surface area contributed by atoms with Crippen molar-refractivity contribution >= 4 is 0 Å². The first-order chi connectivity index (χ1) is 10.9. The lowest BCUT2D eigenvalue weighted by Gasteiger charge is -2.43. The van der Waals surface area contributed by atoms with Crippen LogP contribution in [-0.4, -0.2) is 52.4 Å². The fourth-order valence-corrected chi connectivity index (χ4v) is 3.41. The van der Waals surface area contributed by atoms with Crippen LogP contribution in [0.1, 0.15) is 32.4 Å². The first-order valence-corrected chi connectivity index (χ1v) is 8.17. The molecule has 130 valence electrons. The van der Waals surface area contributed by atoms with Crippen LogP contribution >= 0.6 is 0 Å². The van der Waals surface area contributed by atoms with Gasteiger partial charge in [-0.2, -0.15) is 0 Å². The summed E-state index contributed by atoms with van der Waals surface area (Å²) < 4.78 is 16.8. The molecule has 1 aliphatic heterocycles. The van der Waals surface area contributed by atoms with Gasteiger partial charge in [0.1, 0.15) is 17.2 Å². The summed E-state index contributed by atoms with van der Waals surface area (Å²) in [5, 5.41) is 3.42. The Bertz CT molecular complexity index is 494. The predicted octanol–water partition coefficient (Wildman–Crippen LogP) is 2.70. The van der Waals surface area contributed by atoms with Crippen LogP contribution in [0.4, 0.5) is 0 Å². The maximum atomic E-state index is 5.69. The summed E-state index contributed by atoms with van der Waals surface area (Å²) in [6, 6.07) is 4.10. The van der Waals surface area contributed by atoms with Crippen molar-refractivity contribution in [2.24, 2.45) is 5.41 Å². The van der Waals surface area contributed by atoms with Gasteiger partial charge in [-0.1, -0.05) is 20.8 Å². The van der Waals surface area contributed by atoms with E-state index < -0.39 is 0 Å². The quantitative estimate of drug-likeness (QED) is 0.903. The topological polar surface area (TPSA) is 43.0 Å². The highest BCUT2D eigenvalue weighted by atomic mass is 16.5. The molecule has 0 saturated carbocycles. The Morgan fingerprint density at radius 2 is 1.48 bits per heavy atom. The second-order valence-corrected chi connectivity index (χ2v) is 7.00. The molecule has 1 heterocycles. The fourth-order valence-electron chi connectivity index (χ4n) is 3.41. The fraction of sp³-hybridized carbons (Fsp3) is 0.667. The lowest BCUT2D eigenvalue weighted by Crippen LogP contribution is -2.48. The van der Waals surface area contributed by atoms with Crippen molar-refractivity contribution in [2.45, 2.75) is 26.8 Å². The molecule has 0 spiro atoms. The third-order valence-electron chi connectivity index (χ3n) is 4.36. The van der Waals surface area contributed by atoms with E-state index in [2.05, 4.69) is 31.0 Å². The third kappa shape index (κ3) is 3.90. The molecular weight excluding hydrogens is 292 g/mol. The van der Waals surface area contributed by atoms with Crippen LogP contribution in [-0.2, 0) is 0 Å². The van der Waals surface area contributed by atoms with E-state index in [1.54, 1.807) is 21.3 Å². The van der Waals surface area contributed by atoms with E-state index in [0.717, 1.165) is 49.0 Å². The van der Waals surface area contributed by atoms with Gasteiger partial charge in [-0.15, -0.1) is 0 Å². The second kappa shape index (κ2) is 7.41. The van der Waals surface area contributed by atoms with E-state index >= 15 is 0 Å². The molecule has 0 bridgehead atoms. The summed E-state index contributed by atoms with van der Waals surface area (Å²) in [6.07, 6.45) is 0. The molecule has 5 heteroatoms. The van der Waals surface area contributed by atoms with Crippen LogP contribution in [0.2, 0.25) is 0 Å². The van der Waals surface area contributed by atoms with Crippen LogP contribution in [0.3, 0.4) is 0 Å². The molecule has 1 fully saturated rings. The standard InChI is InChI=1S/C18H30N2O3/c1-18(2,3)17(20-9-7-19-8-10-20)16-14(22-5)11-13(21-4)12-15(16)23-6/h11-12,17,19H,7-10H2,1-6H3/t17-/m1/s1. The summed E-state index contributed by atoms with van der Waals surface area (Å²) in [5.41, 5.74) is 1.15. The Morgan fingerprint density at radius 3 is 1.87 bits per heavy atom. The van der Waals surface area contributed by atoms with Crippen LogP contribution in [0.15, 0.2) is 12.1 Å². The number of piperazine rings is 1. The Labute approximate surface area is 139 Å². The average Bonchev–Trinajstić information content (AvgIpc) is 2.54. The summed E-state index contributed by atoms with van der Waals surface area (Å²) in [6.45, 7) is 10.8. The van der Waals surface area contributed by atoms with Gasteiger partial charge in [0.05, 0.1) is 26.9 Å². The third-order valence-corrected chi connectivity index (χ3v) is 4.36. The van der Waals surface area contributed by atoms with Crippen molar-refractivity contribution in [3.05, 3.63) is 17.7 Å². The van der Waals surface area contributed by atoms with Gasteiger partial charge in [0, 0.05) is 44.4 Å². The SMILES string of the molecule is COc1cc(OC)c([C@@H](N2CCNCC2)C(C)(C)C)c(OC)c1. The number of ether oxygens (including phenoxy) is 3. The number of nitrogens with zero attached hydrogens (tertiary/aromatic N) is 1. The van der Waals surface area contributed by atoms with Gasteiger partial charge < -0.3 is 19.5 Å². The van der Waals surface area contributed by atoms with E-state index in [9.17, 15) is 0 Å². The largest absolute Gasteiger partial charge is 0.496 e. The molecule has 0 aliphatic carbocycles. The molecule has 23 heavy (non-hydrogen) atoms. The number of rotatable bonds is 5. The Balaban J connectivity index is 2.56. The first-order valence-electron chi connectivity index (χ1n) is 8.17. The molecule has 1 N–H and O–H groups in total. The number of hydrogen-bond donors (Lipinski definition) is 1. The first kappa shape index (κ1) is 17.9. The maximum Gasteiger partial charge on any atom is 0.131 e. The lowest BCUT2D eigenvalue weighted by atomic mass is 9.80. The normalized spacial score (nSPS) is 17.7. The minimum atomic E-state index is 0.0481. The van der Waals surface area contributed by atoms with Crippen molar-refractivity contribution < 1.29 is 14.2 Å². The van der Waals surface area contributed by atoms with Crippen molar-refractivity contribution in [1.82, 2.24) is 10.2 Å². The van der Waals surface area contributed by atoms with Gasteiger partial charge >= 0.3 is 0 Å². The Hall–Kier alpha value is -1.46. The molecular formula is C18H30N2O3. The van der Waals surface area contributed by atoms with E-state index in [1.165, 1.54) is 0 Å². The zero-order valence-corrected chi connectivity index (χ0v) is 15.2. The van der Waals surface area contributed by atoms with Gasteiger partial charge in [0.25, 0.3) is 0 Å². The monoisotopic (exact) mass is 322 g/mol. The molecule has 1 saturated heterocycles. The zero-order valence-electron chi connectivity index (χ0n) is 15.2. The molecule has 0 amide bonds. The molecule has 0 radical (unpaired) electrons. The van der Waals surface area contributed by atoms with Gasteiger partial charge in [-0.3, -0.25) is 4.90 Å². The van der Waals surface area contributed by atoms with Gasteiger partial charge in [0.2, 0.25) is 0 Å². The highest BCUT2D eigenvalue weighted by Gasteiger charge is 2.37. The Kier molecular flexibility index (Phi) is 5.76. The van der Waals surface area contributed by atoms with E-state index in [0.29, 0.717) is 0 Å². The highest BCUT2D eigenvalue weighted by Crippen LogP contribution is 2.47. The average molecular weight is 322 g/mol. The van der Waals surface area contributed by atoms with Crippen molar-refractivity contribution in [3.63, 3.8) is 0 Å². The summed E-state index contributed by atoms with van der Waals surface area (Å²) in [5.74, 6) is 2.38. The summed E-state index contributed by atoms with van der Waals surface area (Å²) in [4.78, 5) is 2.52. The molecule has 1 aromatic carbocycles. The molecule has 0 aromatic heterocycles. The van der Waals surface area contributed by atoms with E-state index in [-0.39, 0.29) is 11.5 Å². The summed E-state index contributed by atoms with van der Waals surface area (Å²) >= 11 is 0. The molecule has 0 unspecified atom stereocenters. The predicted molar refractivity (Wildman–Crippen MR) is 92.7 cm³/mol. The molecule has 1 atom stereocenters. The van der Waals surface area contributed by atoms with Crippen molar-refractivity contribution in [3.8, 4) is 17.2 Å². The maximum absolute atomic E-state index is 5.69. The van der Waals surface area contributed by atoms with Crippen LogP contribution in [0.5, 0.6) is 17.2 Å². The summed E-state index contributed by atoms with van der Waals surface area (Å²) in [7, 11) is 5.07. The second-order valence-electron chi connectivity index (χ2n) is 7.00. The smallest absolute Gasteiger partial charge is 0.131 e. The van der Waals surface area contributed by atoms with Crippen LogP contribution < -0.4 is 19.5 Å². The Morgan fingerprint density at radius 1 is 0.957 bits per heavy atom. The number of methoxy groups -OCH3 is 3. The van der Waals surface area contributed by atoms with Crippen LogP contribution in [0, 0.1) is 5.41 Å². The highest BCUT2D eigenvalue weighted by molar-refractivity contribution is 5.53. The van der Waals surface area contributed by atoms with Crippen LogP contribution in [0.25, 0.3) is 0 Å². The van der Waals surface area contributed by atoms with Gasteiger partial charge in [-0.25, -0.2) is 0 Å². The number of benzene rings is 1.